The lowest BCUT2D eigenvalue weighted by Gasteiger charge is -2.35. The summed E-state index contributed by atoms with van der Waals surface area (Å²) < 4.78 is 5.38. The van der Waals surface area contributed by atoms with E-state index in [2.05, 4.69) is 17.1 Å². The molecule has 0 saturated carbocycles. The van der Waals surface area contributed by atoms with Crippen LogP contribution in [-0.2, 0) is 4.74 Å². The second-order valence-electron chi connectivity index (χ2n) is 2.83. The Balaban J connectivity index is 1.93. The Hall–Kier alpha value is 0.270. The number of thioether (sulfide) groups is 1. The van der Waals surface area contributed by atoms with Gasteiger partial charge in [-0.25, -0.2) is 0 Å². The summed E-state index contributed by atoms with van der Waals surface area (Å²) in [5.74, 6) is 1.25. The molecule has 0 spiro atoms. The zero-order valence-corrected chi connectivity index (χ0v) is 6.82. The van der Waals surface area contributed by atoms with E-state index in [0.29, 0.717) is 0 Å². The molecular weight excluding hydrogens is 146 g/mol. The first-order valence-electron chi connectivity index (χ1n) is 3.89. The molecule has 2 rings (SSSR count). The maximum atomic E-state index is 5.38. The average molecular weight is 159 g/mol. The van der Waals surface area contributed by atoms with Gasteiger partial charge in [-0.3, -0.25) is 0 Å². The van der Waals surface area contributed by atoms with Crippen LogP contribution >= 0.6 is 11.8 Å². The minimum Gasteiger partial charge on any atom is -0.380 e. The summed E-state index contributed by atoms with van der Waals surface area (Å²) in [7, 11) is 0. The van der Waals surface area contributed by atoms with Crippen LogP contribution in [0.1, 0.15) is 6.42 Å². The molecule has 58 valence electrons. The van der Waals surface area contributed by atoms with Gasteiger partial charge in [0.1, 0.15) is 0 Å². The van der Waals surface area contributed by atoms with Crippen molar-refractivity contribution in [1.82, 2.24) is 5.32 Å². The average Bonchev–Trinajstić information content (AvgIpc) is 2.05. The monoisotopic (exact) mass is 159 g/mol. The van der Waals surface area contributed by atoms with Crippen LogP contribution in [0, 0.1) is 0 Å². The molecule has 2 fully saturated rings. The van der Waals surface area contributed by atoms with E-state index in [9.17, 15) is 0 Å². The van der Waals surface area contributed by atoms with Crippen molar-refractivity contribution in [3.63, 3.8) is 0 Å². The molecule has 2 unspecified atom stereocenters. The second-order valence-corrected chi connectivity index (χ2v) is 4.18. The van der Waals surface area contributed by atoms with Gasteiger partial charge in [-0.2, -0.15) is 11.8 Å². The van der Waals surface area contributed by atoms with E-state index in [4.69, 9.17) is 4.74 Å². The van der Waals surface area contributed by atoms with Gasteiger partial charge < -0.3 is 10.1 Å². The molecule has 10 heavy (non-hydrogen) atoms. The molecule has 2 aliphatic rings. The van der Waals surface area contributed by atoms with Gasteiger partial charge in [0.25, 0.3) is 0 Å². The molecule has 0 bridgehead atoms. The molecule has 0 aromatic heterocycles. The number of rotatable bonds is 0. The summed E-state index contributed by atoms with van der Waals surface area (Å²) in [6, 6.07) is 0.743. The van der Waals surface area contributed by atoms with Crippen LogP contribution in [0.3, 0.4) is 0 Å². The second kappa shape index (κ2) is 3.11. The number of hydrogen-bond donors (Lipinski definition) is 1. The molecule has 2 saturated heterocycles. The minimum absolute atomic E-state index is 0.738. The van der Waals surface area contributed by atoms with Gasteiger partial charge in [-0.05, 0) is 6.42 Å². The van der Waals surface area contributed by atoms with Crippen LogP contribution in [0.4, 0.5) is 0 Å². The van der Waals surface area contributed by atoms with Crippen molar-refractivity contribution in [2.24, 2.45) is 0 Å². The Labute approximate surface area is 65.7 Å². The lowest BCUT2D eigenvalue weighted by atomic mass is 10.1. The van der Waals surface area contributed by atoms with Crippen LogP contribution in [-0.4, -0.2) is 36.8 Å². The molecule has 0 aromatic carbocycles. The molecule has 2 aliphatic heterocycles. The number of fused-ring (bicyclic) bond motifs is 1. The Morgan fingerprint density at radius 1 is 1.50 bits per heavy atom. The van der Waals surface area contributed by atoms with Gasteiger partial charge >= 0.3 is 0 Å². The predicted octanol–water partition coefficient (Wildman–Crippen LogP) is 0.480. The molecule has 2 nitrogen and oxygen atoms in total. The van der Waals surface area contributed by atoms with Crippen LogP contribution in [0.15, 0.2) is 0 Å². The molecular formula is C7H13NOS. The largest absolute Gasteiger partial charge is 0.380 e. The van der Waals surface area contributed by atoms with Gasteiger partial charge in [0.15, 0.2) is 0 Å². The molecule has 3 heteroatoms. The maximum absolute atomic E-state index is 5.38. The van der Waals surface area contributed by atoms with E-state index in [1.807, 2.05) is 0 Å². The molecule has 1 N–H and O–H groups in total. The fourth-order valence-electron chi connectivity index (χ4n) is 1.56. The molecule has 0 amide bonds. The fourth-order valence-corrected chi connectivity index (χ4v) is 2.76. The molecule has 0 radical (unpaired) electrons. The zero-order chi connectivity index (χ0) is 6.81. The number of hydrogen-bond acceptors (Lipinski definition) is 3. The minimum atomic E-state index is 0.738. The zero-order valence-electron chi connectivity index (χ0n) is 6.01. The first kappa shape index (κ1) is 6.95. The number of ether oxygens (including phenoxy) is 1. The topological polar surface area (TPSA) is 21.3 Å². The predicted molar refractivity (Wildman–Crippen MR) is 43.5 cm³/mol. The molecule has 2 heterocycles. The lowest BCUT2D eigenvalue weighted by Crippen LogP contribution is -2.49. The summed E-state index contributed by atoms with van der Waals surface area (Å²) in [4.78, 5) is 0. The lowest BCUT2D eigenvalue weighted by molar-refractivity contribution is 0.0822. The standard InChI is InChI=1S/C7H13NOS/c1-3-9-5-7-6(1)8-2-4-10-7/h6-8H,1-5H2. The molecule has 0 aliphatic carbocycles. The van der Waals surface area contributed by atoms with E-state index in [0.717, 1.165) is 24.5 Å². The third-order valence-electron chi connectivity index (χ3n) is 2.14. The Morgan fingerprint density at radius 2 is 2.50 bits per heavy atom. The van der Waals surface area contributed by atoms with Gasteiger partial charge in [-0.1, -0.05) is 0 Å². The third-order valence-corrected chi connectivity index (χ3v) is 3.48. The van der Waals surface area contributed by atoms with Gasteiger partial charge in [0.05, 0.1) is 6.61 Å². The normalized spacial score (nSPS) is 40.8. The van der Waals surface area contributed by atoms with E-state index >= 15 is 0 Å². The quantitative estimate of drug-likeness (QED) is 0.555. The van der Waals surface area contributed by atoms with E-state index < -0.39 is 0 Å². The first-order chi connectivity index (χ1) is 4.97. The van der Waals surface area contributed by atoms with Crippen molar-refractivity contribution in [3.8, 4) is 0 Å². The van der Waals surface area contributed by atoms with Crippen molar-refractivity contribution >= 4 is 11.8 Å². The van der Waals surface area contributed by atoms with Crippen LogP contribution in [0.5, 0.6) is 0 Å². The van der Waals surface area contributed by atoms with E-state index in [1.54, 1.807) is 0 Å². The van der Waals surface area contributed by atoms with Crippen molar-refractivity contribution in [2.45, 2.75) is 17.7 Å². The highest BCUT2D eigenvalue weighted by Gasteiger charge is 2.27. The summed E-state index contributed by atoms with van der Waals surface area (Å²) in [5.41, 5.74) is 0. The first-order valence-corrected chi connectivity index (χ1v) is 4.94. The summed E-state index contributed by atoms with van der Waals surface area (Å²) in [6.07, 6.45) is 1.21. The van der Waals surface area contributed by atoms with Gasteiger partial charge in [0, 0.05) is 30.2 Å². The maximum Gasteiger partial charge on any atom is 0.0600 e. The Kier molecular flexibility index (Phi) is 2.16. The van der Waals surface area contributed by atoms with Crippen LogP contribution in [0.2, 0.25) is 0 Å². The van der Waals surface area contributed by atoms with E-state index in [-0.39, 0.29) is 0 Å². The third kappa shape index (κ3) is 1.31. The fraction of sp³-hybridized carbons (Fsp3) is 1.00. The summed E-state index contributed by atoms with van der Waals surface area (Å²) >= 11 is 2.06. The van der Waals surface area contributed by atoms with Crippen LogP contribution < -0.4 is 5.32 Å². The summed E-state index contributed by atoms with van der Waals surface area (Å²) in [6.45, 7) is 3.10. The molecule has 0 aromatic rings. The summed E-state index contributed by atoms with van der Waals surface area (Å²) in [5, 5.41) is 4.26. The SMILES string of the molecule is C1CSC2COCCC2N1. The van der Waals surface area contributed by atoms with Crippen molar-refractivity contribution in [3.05, 3.63) is 0 Å². The Bertz CT molecular complexity index is 94.2. The highest BCUT2D eigenvalue weighted by molar-refractivity contribution is 8.00. The highest BCUT2D eigenvalue weighted by atomic mass is 32.2. The van der Waals surface area contributed by atoms with Crippen molar-refractivity contribution < 1.29 is 4.74 Å². The van der Waals surface area contributed by atoms with Crippen LogP contribution in [0.25, 0.3) is 0 Å². The smallest absolute Gasteiger partial charge is 0.0600 e. The molecule has 2 atom stereocenters. The highest BCUT2D eigenvalue weighted by Crippen LogP contribution is 2.23. The van der Waals surface area contributed by atoms with Crippen molar-refractivity contribution in [1.29, 1.82) is 0 Å². The van der Waals surface area contributed by atoms with Gasteiger partial charge in [0.2, 0.25) is 0 Å². The number of nitrogens with one attached hydrogen (secondary N) is 1. The van der Waals surface area contributed by atoms with E-state index in [1.165, 1.54) is 18.7 Å². The Morgan fingerprint density at radius 3 is 3.40 bits per heavy atom. The van der Waals surface area contributed by atoms with Crippen molar-refractivity contribution in [2.75, 3.05) is 25.5 Å². The van der Waals surface area contributed by atoms with Gasteiger partial charge in [-0.15, -0.1) is 0 Å².